The fraction of sp³-hybridized carbons (Fsp3) is 0.316. The zero-order valence-corrected chi connectivity index (χ0v) is 12.6. The van der Waals surface area contributed by atoms with Crippen LogP contribution < -0.4 is 0 Å². The van der Waals surface area contributed by atoms with Gasteiger partial charge in [-0.3, -0.25) is 0 Å². The maximum Gasteiger partial charge on any atom is 0.0712 e. The van der Waals surface area contributed by atoms with Gasteiger partial charge in [0.1, 0.15) is 0 Å². The summed E-state index contributed by atoms with van der Waals surface area (Å²) in [5, 5.41) is 2.46. The van der Waals surface area contributed by atoms with Crippen LogP contribution in [0.5, 0.6) is 0 Å². The summed E-state index contributed by atoms with van der Waals surface area (Å²) < 4.78 is 0. The Balaban J connectivity index is 2.22. The second-order valence-corrected chi connectivity index (χ2v) is 6.20. The summed E-state index contributed by atoms with van der Waals surface area (Å²) >= 11 is 0. The van der Waals surface area contributed by atoms with E-state index in [1.807, 2.05) is 0 Å². The van der Waals surface area contributed by atoms with Gasteiger partial charge in [0.2, 0.25) is 0 Å². The SMILES string of the molecule is CC(C)c1ccc2nc3cc(C(C)C)ccc3cc2c1. The topological polar surface area (TPSA) is 12.9 Å². The van der Waals surface area contributed by atoms with Crippen molar-refractivity contribution in [3.63, 3.8) is 0 Å². The predicted octanol–water partition coefficient (Wildman–Crippen LogP) is 5.63. The van der Waals surface area contributed by atoms with Crippen molar-refractivity contribution in [1.82, 2.24) is 4.98 Å². The summed E-state index contributed by atoms with van der Waals surface area (Å²) in [6.07, 6.45) is 0. The van der Waals surface area contributed by atoms with Gasteiger partial charge in [-0.05, 0) is 47.2 Å². The van der Waals surface area contributed by atoms with Crippen LogP contribution in [0.2, 0.25) is 0 Å². The molecule has 2 aromatic carbocycles. The van der Waals surface area contributed by atoms with Crippen molar-refractivity contribution in [1.29, 1.82) is 0 Å². The Hall–Kier alpha value is -1.89. The molecule has 0 N–H and O–H groups in total. The summed E-state index contributed by atoms with van der Waals surface area (Å²) in [4.78, 5) is 4.82. The molecule has 0 saturated carbocycles. The van der Waals surface area contributed by atoms with Crippen LogP contribution >= 0.6 is 0 Å². The predicted molar refractivity (Wildman–Crippen MR) is 87.4 cm³/mol. The van der Waals surface area contributed by atoms with E-state index < -0.39 is 0 Å². The molecule has 0 aliphatic rings. The number of pyridine rings is 1. The lowest BCUT2D eigenvalue weighted by Gasteiger charge is -2.09. The summed E-state index contributed by atoms with van der Waals surface area (Å²) in [6, 6.07) is 15.5. The fourth-order valence-corrected chi connectivity index (χ4v) is 2.59. The molecule has 0 spiro atoms. The number of hydrogen-bond acceptors (Lipinski definition) is 1. The second-order valence-electron chi connectivity index (χ2n) is 6.20. The van der Waals surface area contributed by atoms with E-state index in [1.165, 1.54) is 21.9 Å². The van der Waals surface area contributed by atoms with Crippen molar-refractivity contribution in [2.75, 3.05) is 0 Å². The first kappa shape index (κ1) is 13.1. The Morgan fingerprint density at radius 1 is 0.650 bits per heavy atom. The molecule has 1 heterocycles. The molecular weight excluding hydrogens is 242 g/mol. The first-order valence-electron chi connectivity index (χ1n) is 7.39. The van der Waals surface area contributed by atoms with Gasteiger partial charge in [0.25, 0.3) is 0 Å². The summed E-state index contributed by atoms with van der Waals surface area (Å²) in [6.45, 7) is 8.89. The van der Waals surface area contributed by atoms with Crippen LogP contribution in [0.4, 0.5) is 0 Å². The van der Waals surface area contributed by atoms with E-state index in [0.29, 0.717) is 11.8 Å². The van der Waals surface area contributed by atoms with Crippen molar-refractivity contribution in [2.24, 2.45) is 0 Å². The summed E-state index contributed by atoms with van der Waals surface area (Å²) in [5.74, 6) is 1.10. The van der Waals surface area contributed by atoms with E-state index in [1.54, 1.807) is 0 Å². The number of aromatic nitrogens is 1. The lowest BCUT2D eigenvalue weighted by atomic mass is 9.98. The van der Waals surface area contributed by atoms with Crippen LogP contribution in [-0.4, -0.2) is 4.98 Å². The lowest BCUT2D eigenvalue weighted by molar-refractivity contribution is 0.867. The third kappa shape index (κ3) is 2.29. The van der Waals surface area contributed by atoms with Crippen LogP contribution in [0.1, 0.15) is 50.7 Å². The minimum Gasteiger partial charge on any atom is -0.248 e. The van der Waals surface area contributed by atoms with E-state index in [2.05, 4.69) is 70.2 Å². The monoisotopic (exact) mass is 263 g/mol. The van der Waals surface area contributed by atoms with E-state index >= 15 is 0 Å². The third-order valence-electron chi connectivity index (χ3n) is 3.99. The smallest absolute Gasteiger partial charge is 0.0712 e. The van der Waals surface area contributed by atoms with Crippen LogP contribution in [-0.2, 0) is 0 Å². The highest BCUT2D eigenvalue weighted by atomic mass is 14.7. The quantitative estimate of drug-likeness (QED) is 0.546. The Bertz CT molecular complexity index is 702. The van der Waals surface area contributed by atoms with Gasteiger partial charge in [0.15, 0.2) is 0 Å². The van der Waals surface area contributed by atoms with E-state index in [0.717, 1.165) is 11.0 Å². The first-order chi connectivity index (χ1) is 9.54. The molecule has 0 amide bonds. The van der Waals surface area contributed by atoms with Crippen LogP contribution in [0.25, 0.3) is 21.8 Å². The minimum absolute atomic E-state index is 0.542. The molecule has 20 heavy (non-hydrogen) atoms. The molecular formula is C19H21N. The highest BCUT2D eigenvalue weighted by Crippen LogP contribution is 2.26. The van der Waals surface area contributed by atoms with Crippen molar-refractivity contribution in [3.8, 4) is 0 Å². The Morgan fingerprint density at radius 2 is 1.30 bits per heavy atom. The number of fused-ring (bicyclic) bond motifs is 2. The molecule has 1 nitrogen and oxygen atoms in total. The Morgan fingerprint density at radius 3 is 2.00 bits per heavy atom. The zero-order valence-electron chi connectivity index (χ0n) is 12.6. The number of rotatable bonds is 2. The van der Waals surface area contributed by atoms with Crippen molar-refractivity contribution in [2.45, 2.75) is 39.5 Å². The molecule has 0 unspecified atom stereocenters. The van der Waals surface area contributed by atoms with Gasteiger partial charge in [0, 0.05) is 10.8 Å². The average Bonchev–Trinajstić information content (AvgIpc) is 2.43. The van der Waals surface area contributed by atoms with Gasteiger partial charge in [-0.25, -0.2) is 4.98 Å². The summed E-state index contributed by atoms with van der Waals surface area (Å²) in [7, 11) is 0. The van der Waals surface area contributed by atoms with Crippen molar-refractivity contribution >= 4 is 21.8 Å². The van der Waals surface area contributed by atoms with E-state index in [-0.39, 0.29) is 0 Å². The molecule has 0 aliphatic heterocycles. The highest BCUT2D eigenvalue weighted by molar-refractivity contribution is 5.93. The molecule has 0 radical (unpaired) electrons. The highest BCUT2D eigenvalue weighted by Gasteiger charge is 2.05. The van der Waals surface area contributed by atoms with Crippen LogP contribution in [0, 0.1) is 0 Å². The van der Waals surface area contributed by atoms with Gasteiger partial charge in [-0.2, -0.15) is 0 Å². The maximum absolute atomic E-state index is 4.82. The first-order valence-corrected chi connectivity index (χ1v) is 7.39. The Labute approximate surface area is 120 Å². The van der Waals surface area contributed by atoms with Crippen LogP contribution in [0.15, 0.2) is 42.5 Å². The molecule has 3 rings (SSSR count). The van der Waals surface area contributed by atoms with E-state index in [9.17, 15) is 0 Å². The maximum atomic E-state index is 4.82. The largest absolute Gasteiger partial charge is 0.248 e. The number of benzene rings is 2. The standard InChI is InChI=1S/C19H21N/c1-12(2)14-7-8-18-17(9-14)10-16-6-5-15(13(3)4)11-19(16)20-18/h5-13H,1-4H3. The average molecular weight is 263 g/mol. The lowest BCUT2D eigenvalue weighted by Crippen LogP contribution is -1.91. The minimum atomic E-state index is 0.542. The number of hydrogen-bond donors (Lipinski definition) is 0. The molecule has 1 aromatic heterocycles. The van der Waals surface area contributed by atoms with Gasteiger partial charge in [-0.15, -0.1) is 0 Å². The summed E-state index contributed by atoms with van der Waals surface area (Å²) in [5.41, 5.74) is 4.91. The molecule has 0 atom stereocenters. The molecule has 102 valence electrons. The third-order valence-corrected chi connectivity index (χ3v) is 3.99. The van der Waals surface area contributed by atoms with Crippen molar-refractivity contribution < 1.29 is 0 Å². The van der Waals surface area contributed by atoms with Gasteiger partial charge in [-0.1, -0.05) is 45.9 Å². The van der Waals surface area contributed by atoms with Crippen LogP contribution in [0.3, 0.4) is 0 Å². The van der Waals surface area contributed by atoms with Gasteiger partial charge < -0.3 is 0 Å². The molecule has 1 heteroatoms. The second kappa shape index (κ2) is 4.90. The Kier molecular flexibility index (Phi) is 3.21. The fourth-order valence-electron chi connectivity index (χ4n) is 2.59. The van der Waals surface area contributed by atoms with Crippen molar-refractivity contribution in [3.05, 3.63) is 53.6 Å². The van der Waals surface area contributed by atoms with E-state index in [4.69, 9.17) is 4.98 Å². The van der Waals surface area contributed by atoms with Gasteiger partial charge >= 0.3 is 0 Å². The molecule has 0 aliphatic carbocycles. The molecule has 3 aromatic rings. The molecule has 0 saturated heterocycles. The van der Waals surface area contributed by atoms with Gasteiger partial charge in [0.05, 0.1) is 11.0 Å². The molecule has 0 bridgehead atoms. The normalized spacial score (nSPS) is 11.9. The zero-order chi connectivity index (χ0) is 14.3. The number of nitrogens with zero attached hydrogens (tertiary/aromatic N) is 1. The molecule has 0 fully saturated rings.